The minimum Gasteiger partial charge on any atom is -0.508 e. The van der Waals surface area contributed by atoms with Gasteiger partial charge in [-0.05, 0) is 32.4 Å². The molecule has 0 saturated carbocycles. The Morgan fingerprint density at radius 3 is 1.26 bits per heavy atom. The molecule has 3 rings (SSSR count). The second-order valence-corrected chi connectivity index (χ2v) is 6.52. The zero-order valence-electron chi connectivity index (χ0n) is 15.2. The number of rotatable bonds is 3. The van der Waals surface area contributed by atoms with E-state index in [1.54, 1.807) is 37.8 Å². The van der Waals surface area contributed by atoms with Gasteiger partial charge in [0.25, 0.3) is 0 Å². The summed E-state index contributed by atoms with van der Waals surface area (Å²) in [6.07, 6.45) is 0. The van der Waals surface area contributed by atoms with Gasteiger partial charge in [0.1, 0.15) is 28.7 Å². The maximum absolute atomic E-state index is 10.1. The monoisotopic (exact) mass is 367 g/mol. The van der Waals surface area contributed by atoms with Crippen LogP contribution in [0.15, 0.2) is 42.5 Å². The Bertz CT molecular complexity index is 926. The third-order valence-corrected chi connectivity index (χ3v) is 4.64. The molecule has 140 valence electrons. The van der Waals surface area contributed by atoms with Crippen LogP contribution < -0.4 is 4.90 Å². The maximum Gasteiger partial charge on any atom is 0.124 e. The van der Waals surface area contributed by atoms with Crippen LogP contribution in [0.25, 0.3) is 0 Å². The summed E-state index contributed by atoms with van der Waals surface area (Å²) in [5.74, 6) is -0.351. The summed E-state index contributed by atoms with van der Waals surface area (Å²) in [5, 5.41) is 50.7. The van der Waals surface area contributed by atoms with Crippen molar-refractivity contribution in [3.8, 4) is 28.7 Å². The van der Waals surface area contributed by atoms with Crippen LogP contribution in [0, 0.1) is 20.8 Å². The van der Waals surface area contributed by atoms with Crippen LogP contribution in [-0.4, -0.2) is 25.5 Å². The fourth-order valence-electron chi connectivity index (χ4n) is 2.78. The molecular weight excluding hydrogens is 346 g/mol. The van der Waals surface area contributed by atoms with Crippen LogP contribution in [0.2, 0.25) is 0 Å². The number of benzene rings is 3. The lowest BCUT2D eigenvalue weighted by Crippen LogP contribution is -2.10. The third-order valence-electron chi connectivity index (χ3n) is 4.64. The fraction of sp³-hybridized carbons (Fsp3) is 0.143. The van der Waals surface area contributed by atoms with Gasteiger partial charge in [0, 0.05) is 47.1 Å². The van der Waals surface area contributed by atoms with Gasteiger partial charge in [-0.1, -0.05) is 6.07 Å². The number of anilines is 3. The van der Waals surface area contributed by atoms with Gasteiger partial charge in [0.2, 0.25) is 0 Å². The van der Waals surface area contributed by atoms with Crippen molar-refractivity contribution in [2.24, 2.45) is 0 Å². The predicted molar refractivity (Wildman–Crippen MR) is 104 cm³/mol. The van der Waals surface area contributed by atoms with Crippen LogP contribution in [0.3, 0.4) is 0 Å². The molecule has 0 heterocycles. The number of hydrogen-bond acceptors (Lipinski definition) is 6. The molecule has 0 radical (unpaired) electrons. The van der Waals surface area contributed by atoms with E-state index in [2.05, 4.69) is 0 Å². The number of phenolic OH excluding ortho intramolecular Hbond substituents is 5. The van der Waals surface area contributed by atoms with Crippen molar-refractivity contribution >= 4 is 17.1 Å². The molecule has 0 aliphatic rings. The molecule has 0 aliphatic carbocycles. The standard InChI is InChI=1S/C21H21NO5/c1-11-4-5-14(6-17(11)23)22(15-7-18(24)12(2)19(25)8-15)16-9-20(26)13(3)21(27)10-16/h4-10,23-27H,1-3H3. The molecule has 0 spiro atoms. The Morgan fingerprint density at radius 1 is 0.519 bits per heavy atom. The lowest BCUT2D eigenvalue weighted by atomic mass is 10.1. The Labute approximate surface area is 156 Å². The molecule has 0 amide bonds. The molecule has 0 unspecified atom stereocenters. The summed E-state index contributed by atoms with van der Waals surface area (Å²) in [7, 11) is 0. The van der Waals surface area contributed by atoms with Gasteiger partial charge in [0.05, 0.1) is 11.4 Å². The van der Waals surface area contributed by atoms with Gasteiger partial charge in [-0.3, -0.25) is 0 Å². The summed E-state index contributed by atoms with van der Waals surface area (Å²) < 4.78 is 0. The van der Waals surface area contributed by atoms with E-state index < -0.39 is 0 Å². The Kier molecular flexibility index (Phi) is 4.49. The Morgan fingerprint density at radius 2 is 0.889 bits per heavy atom. The van der Waals surface area contributed by atoms with E-state index in [0.717, 1.165) is 0 Å². The first-order valence-corrected chi connectivity index (χ1v) is 8.34. The van der Waals surface area contributed by atoms with E-state index >= 15 is 0 Å². The van der Waals surface area contributed by atoms with E-state index in [9.17, 15) is 25.5 Å². The minimum atomic E-state index is -0.105. The first kappa shape index (κ1) is 18.3. The molecule has 0 fully saturated rings. The zero-order chi connectivity index (χ0) is 19.9. The van der Waals surface area contributed by atoms with E-state index in [1.165, 1.54) is 30.3 Å². The Hall–Kier alpha value is -3.54. The second-order valence-electron chi connectivity index (χ2n) is 6.52. The second kappa shape index (κ2) is 6.64. The van der Waals surface area contributed by atoms with Crippen molar-refractivity contribution in [2.45, 2.75) is 20.8 Å². The van der Waals surface area contributed by atoms with Crippen molar-refractivity contribution in [3.63, 3.8) is 0 Å². The summed E-state index contributed by atoms with van der Waals surface area (Å²) in [4.78, 5) is 1.59. The molecule has 0 aliphatic heterocycles. The number of phenols is 5. The summed E-state index contributed by atoms with van der Waals surface area (Å²) in [5.41, 5.74) is 2.65. The number of aromatic hydroxyl groups is 5. The third kappa shape index (κ3) is 3.29. The van der Waals surface area contributed by atoms with Gasteiger partial charge in [-0.15, -0.1) is 0 Å². The lowest BCUT2D eigenvalue weighted by molar-refractivity contribution is 0.443. The molecular formula is C21H21NO5. The molecule has 6 heteroatoms. The molecule has 27 heavy (non-hydrogen) atoms. The van der Waals surface area contributed by atoms with Gasteiger partial charge >= 0.3 is 0 Å². The van der Waals surface area contributed by atoms with E-state index in [4.69, 9.17) is 0 Å². The molecule has 0 bridgehead atoms. The van der Waals surface area contributed by atoms with Crippen molar-refractivity contribution in [3.05, 3.63) is 59.2 Å². The summed E-state index contributed by atoms with van der Waals surface area (Å²) in [6.45, 7) is 4.93. The van der Waals surface area contributed by atoms with Crippen LogP contribution in [0.5, 0.6) is 28.7 Å². The van der Waals surface area contributed by atoms with E-state index in [-0.39, 0.29) is 28.7 Å². The first-order valence-electron chi connectivity index (χ1n) is 8.34. The van der Waals surface area contributed by atoms with Crippen molar-refractivity contribution in [2.75, 3.05) is 4.90 Å². The topological polar surface area (TPSA) is 104 Å². The predicted octanol–water partition coefficient (Wildman–Crippen LogP) is 4.61. The molecule has 0 saturated heterocycles. The number of aryl methyl sites for hydroxylation is 1. The number of hydrogen-bond donors (Lipinski definition) is 5. The maximum atomic E-state index is 10.1. The average molecular weight is 367 g/mol. The quantitative estimate of drug-likeness (QED) is 0.463. The minimum absolute atomic E-state index is 0.0682. The molecule has 5 N–H and O–H groups in total. The molecule has 6 nitrogen and oxygen atoms in total. The molecule has 0 aromatic heterocycles. The van der Waals surface area contributed by atoms with Crippen molar-refractivity contribution < 1.29 is 25.5 Å². The lowest BCUT2D eigenvalue weighted by Gasteiger charge is -2.27. The first-order chi connectivity index (χ1) is 12.7. The van der Waals surface area contributed by atoms with Crippen LogP contribution in [0.1, 0.15) is 16.7 Å². The largest absolute Gasteiger partial charge is 0.508 e. The van der Waals surface area contributed by atoms with Crippen LogP contribution in [-0.2, 0) is 0 Å². The summed E-state index contributed by atoms with van der Waals surface area (Å²) >= 11 is 0. The van der Waals surface area contributed by atoms with Gasteiger partial charge in [-0.2, -0.15) is 0 Å². The van der Waals surface area contributed by atoms with Crippen LogP contribution in [0.4, 0.5) is 17.1 Å². The molecule has 3 aromatic rings. The highest BCUT2D eigenvalue weighted by Gasteiger charge is 2.19. The van der Waals surface area contributed by atoms with E-state index in [1.807, 2.05) is 0 Å². The number of nitrogens with zero attached hydrogens (tertiary/aromatic N) is 1. The Balaban J connectivity index is 2.28. The van der Waals surface area contributed by atoms with Crippen molar-refractivity contribution in [1.29, 1.82) is 0 Å². The van der Waals surface area contributed by atoms with Crippen LogP contribution >= 0.6 is 0 Å². The van der Waals surface area contributed by atoms with Gasteiger partial charge < -0.3 is 30.4 Å². The van der Waals surface area contributed by atoms with Gasteiger partial charge in [0.15, 0.2) is 0 Å². The fourth-order valence-corrected chi connectivity index (χ4v) is 2.78. The molecule has 3 aromatic carbocycles. The highest BCUT2D eigenvalue weighted by Crippen LogP contribution is 2.43. The zero-order valence-corrected chi connectivity index (χ0v) is 15.2. The van der Waals surface area contributed by atoms with Gasteiger partial charge in [-0.25, -0.2) is 0 Å². The SMILES string of the molecule is Cc1ccc(N(c2cc(O)c(C)c(O)c2)c2cc(O)c(C)c(O)c2)cc1O. The highest BCUT2D eigenvalue weighted by atomic mass is 16.3. The highest BCUT2D eigenvalue weighted by molar-refractivity contribution is 5.81. The van der Waals surface area contributed by atoms with E-state index in [0.29, 0.717) is 33.8 Å². The molecule has 0 atom stereocenters. The average Bonchev–Trinajstić information content (AvgIpc) is 2.60. The normalized spacial score (nSPS) is 10.8. The smallest absolute Gasteiger partial charge is 0.124 e. The summed E-state index contributed by atoms with van der Waals surface area (Å²) in [6, 6.07) is 10.8. The van der Waals surface area contributed by atoms with Crippen molar-refractivity contribution in [1.82, 2.24) is 0 Å².